The third kappa shape index (κ3) is 4.07. The maximum absolute atomic E-state index is 12.8. The lowest BCUT2D eigenvalue weighted by Crippen LogP contribution is -2.09. The second-order valence-electron chi connectivity index (χ2n) is 5.65. The molecule has 0 spiro atoms. The molecule has 0 amide bonds. The number of benzene rings is 1. The number of sulfone groups is 1. The smallest absolute Gasteiger partial charge is 0.191 e. The lowest BCUT2D eigenvalue weighted by Gasteiger charge is -2.08. The van der Waals surface area contributed by atoms with Gasteiger partial charge in [0.1, 0.15) is 17.4 Å². The molecular formula is C15H18FN3O3S2. The first-order chi connectivity index (χ1) is 11.4. The van der Waals surface area contributed by atoms with Crippen LogP contribution in [0.1, 0.15) is 18.2 Å². The number of rotatable bonds is 6. The average Bonchev–Trinajstić information content (AvgIpc) is 3.08. The fraction of sp³-hybridized carbons (Fsp3) is 0.467. The quantitative estimate of drug-likeness (QED) is 0.571. The molecule has 1 saturated heterocycles. The van der Waals surface area contributed by atoms with Crippen LogP contribution < -0.4 is 4.74 Å². The van der Waals surface area contributed by atoms with Crippen molar-refractivity contribution in [2.75, 3.05) is 23.9 Å². The van der Waals surface area contributed by atoms with Gasteiger partial charge >= 0.3 is 0 Å². The Bertz CT molecular complexity index is 806. The van der Waals surface area contributed by atoms with Crippen LogP contribution in [0.5, 0.6) is 5.75 Å². The molecule has 6 nitrogen and oxygen atoms in total. The van der Waals surface area contributed by atoms with Gasteiger partial charge in [0.25, 0.3) is 0 Å². The first kappa shape index (κ1) is 17.2. The summed E-state index contributed by atoms with van der Waals surface area (Å²) >= 11 is 1.49. The first-order valence-electron chi connectivity index (χ1n) is 7.55. The molecule has 0 aliphatic carbocycles. The van der Waals surface area contributed by atoms with Crippen molar-refractivity contribution in [3.63, 3.8) is 0 Å². The van der Waals surface area contributed by atoms with Gasteiger partial charge in [-0.1, -0.05) is 11.8 Å². The maximum atomic E-state index is 12.8. The summed E-state index contributed by atoms with van der Waals surface area (Å²) in [5.41, 5.74) is 0. The van der Waals surface area contributed by atoms with Crippen LogP contribution in [-0.2, 0) is 16.9 Å². The van der Waals surface area contributed by atoms with Gasteiger partial charge in [0.05, 0.1) is 18.1 Å². The molecule has 0 unspecified atom stereocenters. The van der Waals surface area contributed by atoms with Crippen molar-refractivity contribution in [1.82, 2.24) is 14.8 Å². The van der Waals surface area contributed by atoms with E-state index in [1.165, 1.54) is 23.9 Å². The highest BCUT2D eigenvalue weighted by molar-refractivity contribution is 7.99. The summed E-state index contributed by atoms with van der Waals surface area (Å²) in [6.45, 7) is 0.455. The molecule has 0 N–H and O–H groups in total. The number of thioether (sulfide) groups is 1. The topological polar surface area (TPSA) is 74.1 Å². The van der Waals surface area contributed by atoms with E-state index in [1.54, 1.807) is 12.1 Å². The summed E-state index contributed by atoms with van der Waals surface area (Å²) in [7, 11) is -1.09. The van der Waals surface area contributed by atoms with E-state index in [2.05, 4.69) is 10.2 Å². The van der Waals surface area contributed by atoms with Crippen molar-refractivity contribution in [1.29, 1.82) is 0 Å². The Morgan fingerprint density at radius 3 is 2.75 bits per heavy atom. The Labute approximate surface area is 144 Å². The molecule has 1 atom stereocenters. The van der Waals surface area contributed by atoms with Crippen LogP contribution in [0.15, 0.2) is 29.4 Å². The Kier molecular flexibility index (Phi) is 5.09. The minimum atomic E-state index is -2.94. The molecule has 24 heavy (non-hydrogen) atoms. The number of aromatic nitrogens is 3. The predicted molar refractivity (Wildman–Crippen MR) is 89.6 cm³/mol. The van der Waals surface area contributed by atoms with Gasteiger partial charge in [-0.3, -0.25) is 0 Å². The first-order valence-corrected chi connectivity index (χ1v) is 10.4. The molecule has 0 radical (unpaired) electrons. The fourth-order valence-electron chi connectivity index (χ4n) is 2.63. The molecule has 2 heterocycles. The standard InChI is InChI=1S/C15H18FN3O3S2/c1-19-14(11-6-9-24(20,21)10-11)17-18-15(19)23-8-7-22-13-4-2-12(16)3-5-13/h2-5,11H,6-10H2,1H3/t11-/m1/s1. The van der Waals surface area contributed by atoms with Gasteiger partial charge in [-0.25, -0.2) is 12.8 Å². The highest BCUT2D eigenvalue weighted by Crippen LogP contribution is 2.29. The highest BCUT2D eigenvalue weighted by atomic mass is 32.2. The normalized spacial score (nSPS) is 19.5. The molecule has 1 aliphatic rings. The average molecular weight is 371 g/mol. The molecule has 0 bridgehead atoms. The number of ether oxygens (including phenoxy) is 1. The Hall–Kier alpha value is -1.61. The molecule has 2 aromatic rings. The summed E-state index contributed by atoms with van der Waals surface area (Å²) in [5, 5.41) is 9.03. The number of hydrogen-bond donors (Lipinski definition) is 0. The van der Waals surface area contributed by atoms with E-state index in [0.29, 0.717) is 24.5 Å². The third-order valence-electron chi connectivity index (χ3n) is 3.86. The third-order valence-corrected chi connectivity index (χ3v) is 6.62. The highest BCUT2D eigenvalue weighted by Gasteiger charge is 2.32. The summed E-state index contributed by atoms with van der Waals surface area (Å²) in [6, 6.07) is 5.88. The van der Waals surface area contributed by atoms with Gasteiger partial charge in [-0.15, -0.1) is 10.2 Å². The molecular weight excluding hydrogens is 353 g/mol. The van der Waals surface area contributed by atoms with Gasteiger partial charge in [-0.05, 0) is 30.7 Å². The molecule has 1 aromatic carbocycles. The zero-order valence-electron chi connectivity index (χ0n) is 13.2. The van der Waals surface area contributed by atoms with Crippen molar-refractivity contribution in [3.8, 4) is 5.75 Å². The van der Waals surface area contributed by atoms with Crippen molar-refractivity contribution in [3.05, 3.63) is 35.9 Å². The van der Waals surface area contributed by atoms with Crippen LogP contribution in [0, 0.1) is 5.82 Å². The molecule has 130 valence electrons. The SMILES string of the molecule is Cn1c(SCCOc2ccc(F)cc2)nnc1[C@@H]1CCS(=O)(=O)C1. The number of nitrogens with zero attached hydrogens (tertiary/aromatic N) is 3. The zero-order valence-corrected chi connectivity index (χ0v) is 14.8. The predicted octanol–water partition coefficient (Wildman–Crippen LogP) is 2.03. The van der Waals surface area contributed by atoms with Gasteiger partial charge in [-0.2, -0.15) is 0 Å². The molecule has 1 fully saturated rings. The van der Waals surface area contributed by atoms with Crippen molar-refractivity contribution >= 4 is 21.6 Å². The lowest BCUT2D eigenvalue weighted by molar-refractivity contribution is 0.343. The van der Waals surface area contributed by atoms with Gasteiger partial charge in [0, 0.05) is 18.7 Å². The van der Waals surface area contributed by atoms with Crippen LogP contribution >= 0.6 is 11.8 Å². The van der Waals surface area contributed by atoms with Crippen LogP contribution in [0.25, 0.3) is 0 Å². The fourth-order valence-corrected chi connectivity index (χ4v) is 5.10. The molecule has 9 heteroatoms. The summed E-state index contributed by atoms with van der Waals surface area (Å²) in [4.78, 5) is 0. The number of hydrogen-bond acceptors (Lipinski definition) is 6. The van der Waals surface area contributed by atoms with Gasteiger partial charge < -0.3 is 9.30 Å². The molecule has 0 saturated carbocycles. The molecule has 1 aliphatic heterocycles. The van der Waals surface area contributed by atoms with Crippen LogP contribution in [0.4, 0.5) is 4.39 Å². The van der Waals surface area contributed by atoms with Crippen molar-refractivity contribution < 1.29 is 17.5 Å². The van der Waals surface area contributed by atoms with E-state index in [1.807, 2.05) is 11.6 Å². The monoisotopic (exact) mass is 371 g/mol. The van der Waals surface area contributed by atoms with Crippen LogP contribution in [0.2, 0.25) is 0 Å². The van der Waals surface area contributed by atoms with E-state index in [-0.39, 0.29) is 23.2 Å². The largest absolute Gasteiger partial charge is 0.493 e. The van der Waals surface area contributed by atoms with E-state index < -0.39 is 9.84 Å². The molecule has 1 aromatic heterocycles. The minimum Gasteiger partial charge on any atom is -0.493 e. The Balaban J connectivity index is 1.52. The van der Waals surface area contributed by atoms with E-state index in [0.717, 1.165) is 11.0 Å². The summed E-state index contributed by atoms with van der Waals surface area (Å²) < 4.78 is 43.4. The lowest BCUT2D eigenvalue weighted by atomic mass is 10.1. The van der Waals surface area contributed by atoms with Crippen molar-refractivity contribution in [2.45, 2.75) is 17.5 Å². The van der Waals surface area contributed by atoms with Crippen LogP contribution in [0.3, 0.4) is 0 Å². The Morgan fingerprint density at radius 1 is 1.33 bits per heavy atom. The second kappa shape index (κ2) is 7.10. The van der Waals surface area contributed by atoms with Crippen LogP contribution in [-0.4, -0.2) is 47.0 Å². The van der Waals surface area contributed by atoms with E-state index in [9.17, 15) is 12.8 Å². The molecule has 3 rings (SSSR count). The maximum Gasteiger partial charge on any atom is 0.191 e. The van der Waals surface area contributed by atoms with E-state index >= 15 is 0 Å². The summed E-state index contributed by atoms with van der Waals surface area (Å²) in [5.74, 6) is 2.00. The van der Waals surface area contributed by atoms with Crippen molar-refractivity contribution in [2.24, 2.45) is 7.05 Å². The number of halogens is 1. The van der Waals surface area contributed by atoms with Gasteiger partial charge in [0.15, 0.2) is 15.0 Å². The van der Waals surface area contributed by atoms with E-state index in [4.69, 9.17) is 4.74 Å². The Morgan fingerprint density at radius 2 is 2.08 bits per heavy atom. The summed E-state index contributed by atoms with van der Waals surface area (Å²) in [6.07, 6.45) is 0.604. The van der Waals surface area contributed by atoms with Gasteiger partial charge in [0.2, 0.25) is 0 Å². The zero-order chi connectivity index (χ0) is 17.2. The second-order valence-corrected chi connectivity index (χ2v) is 8.94. The minimum absolute atomic E-state index is 0.0719.